The van der Waals surface area contributed by atoms with Gasteiger partial charge >= 0.3 is 0 Å². The standard InChI is InChI=1S/C16H16Cl3NO3S/c1-11(8-9-21)20(16-10-13(18)4-7-15(16)19)24(22,23)14-5-2-12(17)3-6-14/h2-7,10-11,21H,8-9H2,1H3. The Hall–Kier alpha value is -0.980. The molecule has 0 aliphatic carbocycles. The zero-order valence-corrected chi connectivity index (χ0v) is 15.9. The molecular weight excluding hydrogens is 393 g/mol. The van der Waals surface area contributed by atoms with Crippen molar-refractivity contribution < 1.29 is 13.5 Å². The van der Waals surface area contributed by atoms with E-state index in [1.54, 1.807) is 13.0 Å². The highest BCUT2D eigenvalue weighted by atomic mass is 35.5. The van der Waals surface area contributed by atoms with Gasteiger partial charge in [0.15, 0.2) is 0 Å². The van der Waals surface area contributed by atoms with Gasteiger partial charge in [-0.15, -0.1) is 0 Å². The Morgan fingerprint density at radius 1 is 1.04 bits per heavy atom. The predicted molar refractivity (Wildman–Crippen MR) is 98.7 cm³/mol. The SMILES string of the molecule is CC(CCO)N(c1cc(Cl)ccc1Cl)S(=O)(=O)c1ccc(Cl)cc1. The van der Waals surface area contributed by atoms with Gasteiger partial charge in [0.05, 0.1) is 15.6 Å². The maximum absolute atomic E-state index is 13.1. The summed E-state index contributed by atoms with van der Waals surface area (Å²) in [6, 6.07) is 9.94. The van der Waals surface area contributed by atoms with Crippen LogP contribution in [0.5, 0.6) is 0 Å². The molecule has 0 amide bonds. The van der Waals surface area contributed by atoms with E-state index in [9.17, 15) is 13.5 Å². The number of benzene rings is 2. The van der Waals surface area contributed by atoms with Gasteiger partial charge in [-0.05, 0) is 55.8 Å². The van der Waals surface area contributed by atoms with Crippen molar-refractivity contribution in [1.82, 2.24) is 0 Å². The molecule has 1 N–H and O–H groups in total. The molecule has 0 saturated heterocycles. The molecule has 0 aliphatic rings. The summed E-state index contributed by atoms with van der Waals surface area (Å²) in [5.41, 5.74) is 0.264. The van der Waals surface area contributed by atoms with E-state index in [1.807, 2.05) is 0 Å². The number of aliphatic hydroxyl groups excluding tert-OH is 1. The van der Waals surface area contributed by atoms with Crippen LogP contribution in [0.3, 0.4) is 0 Å². The summed E-state index contributed by atoms with van der Waals surface area (Å²) in [5.74, 6) is 0. The van der Waals surface area contributed by atoms with Crippen LogP contribution in [0.2, 0.25) is 15.1 Å². The number of aliphatic hydroxyl groups is 1. The largest absolute Gasteiger partial charge is 0.396 e. The highest BCUT2D eigenvalue weighted by molar-refractivity contribution is 7.92. The van der Waals surface area contributed by atoms with Crippen LogP contribution in [0.15, 0.2) is 47.4 Å². The zero-order chi connectivity index (χ0) is 17.9. The Kier molecular flexibility index (Phi) is 6.39. The average Bonchev–Trinajstić information content (AvgIpc) is 2.51. The summed E-state index contributed by atoms with van der Waals surface area (Å²) < 4.78 is 27.4. The molecule has 0 aliphatic heterocycles. The van der Waals surface area contributed by atoms with Gasteiger partial charge in [-0.1, -0.05) is 34.8 Å². The third-order valence-corrected chi connectivity index (χ3v) is 6.21. The Morgan fingerprint density at radius 3 is 2.21 bits per heavy atom. The van der Waals surface area contributed by atoms with Crippen molar-refractivity contribution in [2.24, 2.45) is 0 Å². The van der Waals surface area contributed by atoms with Crippen LogP contribution in [0, 0.1) is 0 Å². The van der Waals surface area contributed by atoms with Crippen LogP contribution in [-0.2, 0) is 10.0 Å². The van der Waals surface area contributed by atoms with Crippen molar-refractivity contribution in [2.45, 2.75) is 24.3 Å². The van der Waals surface area contributed by atoms with E-state index < -0.39 is 16.1 Å². The van der Waals surface area contributed by atoms with Gasteiger partial charge in [0.2, 0.25) is 0 Å². The molecule has 2 aromatic carbocycles. The second-order valence-corrected chi connectivity index (χ2v) is 8.31. The topological polar surface area (TPSA) is 57.6 Å². The molecule has 24 heavy (non-hydrogen) atoms. The third kappa shape index (κ3) is 4.16. The molecule has 2 rings (SSSR count). The lowest BCUT2D eigenvalue weighted by atomic mass is 10.2. The van der Waals surface area contributed by atoms with Crippen LogP contribution in [0.4, 0.5) is 5.69 Å². The summed E-state index contributed by atoms with van der Waals surface area (Å²) >= 11 is 18.1. The van der Waals surface area contributed by atoms with Crippen molar-refractivity contribution in [2.75, 3.05) is 10.9 Å². The van der Waals surface area contributed by atoms with Gasteiger partial charge < -0.3 is 5.11 Å². The zero-order valence-electron chi connectivity index (χ0n) is 12.8. The number of hydrogen-bond acceptors (Lipinski definition) is 3. The van der Waals surface area contributed by atoms with Crippen molar-refractivity contribution in [3.8, 4) is 0 Å². The number of anilines is 1. The monoisotopic (exact) mass is 407 g/mol. The van der Waals surface area contributed by atoms with Crippen molar-refractivity contribution >= 4 is 50.5 Å². The van der Waals surface area contributed by atoms with E-state index in [1.165, 1.54) is 40.7 Å². The molecule has 130 valence electrons. The molecule has 4 nitrogen and oxygen atoms in total. The number of hydrogen-bond donors (Lipinski definition) is 1. The molecule has 0 aromatic heterocycles. The first-order valence-corrected chi connectivity index (χ1v) is 9.70. The van der Waals surface area contributed by atoms with E-state index in [2.05, 4.69) is 0 Å². The second kappa shape index (κ2) is 7.93. The summed E-state index contributed by atoms with van der Waals surface area (Å²) in [6.45, 7) is 1.53. The van der Waals surface area contributed by atoms with Crippen LogP contribution in [0.1, 0.15) is 13.3 Å². The minimum Gasteiger partial charge on any atom is -0.396 e. The molecule has 0 heterocycles. The van der Waals surface area contributed by atoms with Crippen LogP contribution in [-0.4, -0.2) is 26.2 Å². The summed E-state index contributed by atoms with van der Waals surface area (Å²) in [4.78, 5) is 0.0766. The smallest absolute Gasteiger partial charge is 0.264 e. The van der Waals surface area contributed by atoms with Gasteiger partial charge in [0.25, 0.3) is 10.0 Å². The molecule has 0 bridgehead atoms. The molecule has 8 heteroatoms. The first-order valence-electron chi connectivity index (χ1n) is 7.13. The van der Waals surface area contributed by atoms with Crippen molar-refractivity contribution in [1.29, 1.82) is 0 Å². The molecule has 2 aromatic rings. The summed E-state index contributed by atoms with van der Waals surface area (Å²) in [6.07, 6.45) is 0.246. The van der Waals surface area contributed by atoms with Gasteiger partial charge in [-0.2, -0.15) is 0 Å². The van der Waals surface area contributed by atoms with Crippen LogP contribution >= 0.6 is 34.8 Å². The number of sulfonamides is 1. The maximum Gasteiger partial charge on any atom is 0.264 e. The fraction of sp³-hybridized carbons (Fsp3) is 0.250. The highest BCUT2D eigenvalue weighted by Gasteiger charge is 2.31. The Bertz CT molecular complexity index is 810. The molecule has 0 spiro atoms. The van der Waals surface area contributed by atoms with Crippen LogP contribution in [0.25, 0.3) is 0 Å². The third-order valence-electron chi connectivity index (χ3n) is 3.46. The maximum atomic E-state index is 13.1. The molecule has 0 radical (unpaired) electrons. The minimum atomic E-state index is -3.91. The first kappa shape index (κ1) is 19.3. The van der Waals surface area contributed by atoms with Crippen molar-refractivity contribution in [3.05, 3.63) is 57.5 Å². The average molecular weight is 409 g/mol. The number of nitrogens with zero attached hydrogens (tertiary/aromatic N) is 1. The molecule has 0 saturated carbocycles. The highest BCUT2D eigenvalue weighted by Crippen LogP contribution is 2.35. The summed E-state index contributed by atoms with van der Waals surface area (Å²) in [5, 5.41) is 10.3. The second-order valence-electron chi connectivity index (χ2n) is 5.21. The fourth-order valence-electron chi connectivity index (χ4n) is 2.28. The van der Waals surface area contributed by atoms with Gasteiger partial charge in [-0.25, -0.2) is 8.42 Å². The van der Waals surface area contributed by atoms with E-state index in [0.717, 1.165) is 0 Å². The van der Waals surface area contributed by atoms with Gasteiger partial charge in [0, 0.05) is 22.7 Å². The lowest BCUT2D eigenvalue weighted by Crippen LogP contribution is -2.39. The lowest BCUT2D eigenvalue weighted by molar-refractivity contribution is 0.279. The summed E-state index contributed by atoms with van der Waals surface area (Å²) in [7, 11) is -3.91. The van der Waals surface area contributed by atoms with Crippen molar-refractivity contribution in [3.63, 3.8) is 0 Å². The van der Waals surface area contributed by atoms with E-state index in [0.29, 0.717) is 10.0 Å². The quantitative estimate of drug-likeness (QED) is 0.759. The molecule has 1 atom stereocenters. The molecule has 0 fully saturated rings. The fourth-order valence-corrected chi connectivity index (χ4v) is 4.53. The normalized spacial score (nSPS) is 12.9. The van der Waals surface area contributed by atoms with E-state index in [4.69, 9.17) is 34.8 Å². The predicted octanol–water partition coefficient (Wildman–Crippen LogP) is 4.61. The Morgan fingerprint density at radius 2 is 1.62 bits per heavy atom. The number of halogens is 3. The van der Waals surface area contributed by atoms with E-state index in [-0.39, 0.29) is 28.6 Å². The van der Waals surface area contributed by atoms with Gasteiger partial charge in [0.1, 0.15) is 0 Å². The van der Waals surface area contributed by atoms with Crippen LogP contribution < -0.4 is 4.31 Å². The molecular formula is C16H16Cl3NO3S. The molecule has 1 unspecified atom stereocenters. The first-order chi connectivity index (χ1) is 11.3. The Labute approximate surface area is 156 Å². The number of rotatable bonds is 6. The van der Waals surface area contributed by atoms with E-state index >= 15 is 0 Å². The minimum absolute atomic E-state index is 0.0766. The Balaban J connectivity index is 2.61. The lowest BCUT2D eigenvalue weighted by Gasteiger charge is -2.31. The van der Waals surface area contributed by atoms with Gasteiger partial charge in [-0.3, -0.25) is 4.31 Å².